The number of aromatic nitrogens is 2. The third-order valence-electron chi connectivity index (χ3n) is 3.39. The molecular weight excluding hydrogens is 295 g/mol. The van der Waals surface area contributed by atoms with Crippen LogP contribution in [0.1, 0.15) is 17.6 Å². The van der Waals surface area contributed by atoms with Crippen LogP contribution in [0.25, 0.3) is 11.0 Å². The second-order valence-electron chi connectivity index (χ2n) is 4.68. The van der Waals surface area contributed by atoms with Crippen molar-refractivity contribution in [2.75, 3.05) is 13.2 Å². The first-order valence-corrected chi connectivity index (χ1v) is 6.34. The first-order valence-electron chi connectivity index (χ1n) is 5.97. The third-order valence-corrected chi connectivity index (χ3v) is 3.66. The third kappa shape index (κ3) is 2.06. The van der Waals surface area contributed by atoms with E-state index in [2.05, 4.69) is 4.98 Å². The normalized spacial score (nSPS) is 17.7. The molecule has 2 aromatic heterocycles. The van der Waals surface area contributed by atoms with Gasteiger partial charge in [-0.1, -0.05) is 11.6 Å². The maximum absolute atomic E-state index is 13.5. The van der Waals surface area contributed by atoms with Gasteiger partial charge >= 0.3 is 0 Å². The van der Waals surface area contributed by atoms with Crippen molar-refractivity contribution in [1.29, 1.82) is 0 Å². The number of hydrogen-bond acceptors (Lipinski definition) is 3. The van der Waals surface area contributed by atoms with Crippen LogP contribution in [0.15, 0.2) is 12.3 Å². The van der Waals surface area contributed by atoms with Crippen LogP contribution < -0.4 is 5.73 Å². The Morgan fingerprint density at radius 2 is 2.15 bits per heavy atom. The summed E-state index contributed by atoms with van der Waals surface area (Å²) < 4.78 is 45.9. The minimum Gasteiger partial charge on any atom is -0.377 e. The Balaban J connectivity index is 2.21. The molecule has 1 atom stereocenters. The van der Waals surface area contributed by atoms with Crippen molar-refractivity contribution in [2.24, 2.45) is 5.73 Å². The average Bonchev–Trinajstić information content (AvgIpc) is 2.66. The summed E-state index contributed by atoms with van der Waals surface area (Å²) >= 11 is 5.67. The Kier molecular flexibility index (Phi) is 3.35. The van der Waals surface area contributed by atoms with Gasteiger partial charge in [-0.05, 0) is 6.07 Å². The Labute approximate surface area is 117 Å². The van der Waals surface area contributed by atoms with E-state index in [4.69, 9.17) is 22.1 Å². The number of nitrogens with zero attached hydrogens (tertiary/aromatic N) is 2. The van der Waals surface area contributed by atoms with E-state index in [1.54, 1.807) is 4.57 Å². The molecule has 3 rings (SSSR count). The summed E-state index contributed by atoms with van der Waals surface area (Å²) in [5, 5.41) is -0.0409. The number of ether oxygens (including phenoxy) is 1. The number of halogens is 4. The van der Waals surface area contributed by atoms with Gasteiger partial charge in [-0.15, -0.1) is 0 Å². The van der Waals surface area contributed by atoms with Gasteiger partial charge in [-0.25, -0.2) is 18.2 Å². The molecule has 0 amide bonds. The lowest BCUT2D eigenvalue weighted by atomic mass is 10.1. The Bertz CT molecular complexity index is 657. The predicted molar refractivity (Wildman–Crippen MR) is 67.5 cm³/mol. The van der Waals surface area contributed by atoms with Crippen LogP contribution in [-0.2, 0) is 4.74 Å². The lowest BCUT2D eigenvalue weighted by Crippen LogP contribution is -2.30. The molecule has 1 aliphatic rings. The summed E-state index contributed by atoms with van der Waals surface area (Å²) in [6.07, 6.45) is -1.26. The molecule has 0 bridgehead atoms. The molecule has 4 nitrogen and oxygen atoms in total. The SMILES string of the molecule is N[C@@H](c1cn(C2COC2)c2nc(Cl)c(F)cc12)C(F)F. The van der Waals surface area contributed by atoms with E-state index in [0.29, 0.717) is 18.9 Å². The van der Waals surface area contributed by atoms with Gasteiger partial charge in [-0.2, -0.15) is 0 Å². The smallest absolute Gasteiger partial charge is 0.257 e. The molecule has 8 heteroatoms. The van der Waals surface area contributed by atoms with E-state index in [-0.39, 0.29) is 22.1 Å². The fourth-order valence-electron chi connectivity index (χ4n) is 2.21. The summed E-state index contributed by atoms with van der Waals surface area (Å²) in [7, 11) is 0. The summed E-state index contributed by atoms with van der Waals surface area (Å²) in [4.78, 5) is 3.94. The summed E-state index contributed by atoms with van der Waals surface area (Å²) in [5.41, 5.74) is 5.99. The van der Waals surface area contributed by atoms with E-state index >= 15 is 0 Å². The Morgan fingerprint density at radius 1 is 1.45 bits per heavy atom. The molecule has 3 heterocycles. The topological polar surface area (TPSA) is 53.1 Å². The maximum atomic E-state index is 13.5. The summed E-state index contributed by atoms with van der Waals surface area (Å²) in [6, 6.07) is -0.426. The monoisotopic (exact) mass is 305 g/mol. The lowest BCUT2D eigenvalue weighted by Gasteiger charge is -2.27. The zero-order valence-electron chi connectivity index (χ0n) is 10.2. The lowest BCUT2D eigenvalue weighted by molar-refractivity contribution is -0.0217. The minimum absolute atomic E-state index is 0.0230. The van der Waals surface area contributed by atoms with Gasteiger partial charge in [0.2, 0.25) is 0 Å². The van der Waals surface area contributed by atoms with Crippen LogP contribution in [0.3, 0.4) is 0 Å². The van der Waals surface area contributed by atoms with Gasteiger partial charge in [0.1, 0.15) is 5.65 Å². The fraction of sp³-hybridized carbons (Fsp3) is 0.417. The molecule has 0 aromatic carbocycles. The molecule has 108 valence electrons. The van der Waals surface area contributed by atoms with Crippen LogP contribution in [0.5, 0.6) is 0 Å². The van der Waals surface area contributed by atoms with Crippen molar-refractivity contribution >= 4 is 22.6 Å². The number of rotatable bonds is 3. The highest BCUT2D eigenvalue weighted by atomic mass is 35.5. The van der Waals surface area contributed by atoms with Crippen LogP contribution in [-0.4, -0.2) is 29.2 Å². The maximum Gasteiger partial charge on any atom is 0.257 e. The number of pyridine rings is 1. The van der Waals surface area contributed by atoms with Crippen LogP contribution in [0, 0.1) is 5.82 Å². The number of alkyl halides is 2. The first kappa shape index (κ1) is 13.7. The quantitative estimate of drug-likeness (QED) is 0.887. The van der Waals surface area contributed by atoms with Gasteiger partial charge in [0, 0.05) is 17.1 Å². The molecule has 0 unspecified atom stereocenters. The molecule has 2 N–H and O–H groups in total. The Morgan fingerprint density at radius 3 is 2.70 bits per heavy atom. The standard InChI is InChI=1S/C12H11ClF3N3O/c13-10-8(14)1-6-7(9(17)11(15)16)2-19(12(6)18-10)5-3-20-4-5/h1-2,5,9,11H,3-4,17H2/t9-/m0/s1. The molecule has 0 spiro atoms. The highest BCUT2D eigenvalue weighted by Gasteiger charge is 2.28. The molecule has 0 aliphatic carbocycles. The second-order valence-corrected chi connectivity index (χ2v) is 5.03. The van der Waals surface area contributed by atoms with Crippen LogP contribution in [0.2, 0.25) is 5.15 Å². The highest BCUT2D eigenvalue weighted by molar-refractivity contribution is 6.29. The van der Waals surface area contributed by atoms with Crippen molar-refractivity contribution < 1.29 is 17.9 Å². The number of hydrogen-bond donors (Lipinski definition) is 1. The van der Waals surface area contributed by atoms with E-state index in [0.717, 1.165) is 6.07 Å². The van der Waals surface area contributed by atoms with Crippen molar-refractivity contribution in [3.05, 3.63) is 28.8 Å². The number of nitrogens with two attached hydrogens (primary N) is 1. The predicted octanol–water partition coefficient (Wildman–Crippen LogP) is 2.67. The van der Waals surface area contributed by atoms with Crippen molar-refractivity contribution in [2.45, 2.75) is 18.5 Å². The first-order chi connectivity index (χ1) is 9.49. The van der Waals surface area contributed by atoms with Crippen molar-refractivity contribution in [3.8, 4) is 0 Å². The van der Waals surface area contributed by atoms with Gasteiger partial charge in [0.25, 0.3) is 6.43 Å². The second kappa shape index (κ2) is 4.91. The molecule has 1 fully saturated rings. The van der Waals surface area contributed by atoms with E-state index < -0.39 is 18.3 Å². The van der Waals surface area contributed by atoms with Gasteiger partial charge in [-0.3, -0.25) is 0 Å². The summed E-state index contributed by atoms with van der Waals surface area (Å²) in [6.45, 7) is 0.896. The van der Waals surface area contributed by atoms with E-state index in [1.807, 2.05) is 0 Å². The number of fused-ring (bicyclic) bond motifs is 1. The molecule has 1 saturated heterocycles. The molecular formula is C12H11ClF3N3O. The van der Waals surface area contributed by atoms with E-state index in [9.17, 15) is 13.2 Å². The average molecular weight is 306 g/mol. The van der Waals surface area contributed by atoms with Gasteiger partial charge in [0.05, 0.1) is 25.3 Å². The van der Waals surface area contributed by atoms with Crippen molar-refractivity contribution in [1.82, 2.24) is 9.55 Å². The molecule has 0 radical (unpaired) electrons. The van der Waals surface area contributed by atoms with Crippen LogP contribution in [0.4, 0.5) is 13.2 Å². The molecule has 20 heavy (non-hydrogen) atoms. The minimum atomic E-state index is -2.74. The summed E-state index contributed by atoms with van der Waals surface area (Å²) in [5.74, 6) is -0.760. The molecule has 1 aliphatic heterocycles. The molecule has 2 aromatic rings. The Hall–Kier alpha value is -1.31. The largest absolute Gasteiger partial charge is 0.377 e. The van der Waals surface area contributed by atoms with Crippen LogP contribution >= 0.6 is 11.6 Å². The molecule has 0 saturated carbocycles. The highest BCUT2D eigenvalue weighted by Crippen LogP contribution is 2.33. The zero-order valence-corrected chi connectivity index (χ0v) is 10.9. The fourth-order valence-corrected chi connectivity index (χ4v) is 2.35. The van der Waals surface area contributed by atoms with E-state index in [1.165, 1.54) is 6.20 Å². The van der Waals surface area contributed by atoms with Crippen molar-refractivity contribution in [3.63, 3.8) is 0 Å². The van der Waals surface area contributed by atoms with Gasteiger partial charge < -0.3 is 15.0 Å². The van der Waals surface area contributed by atoms with Gasteiger partial charge in [0.15, 0.2) is 11.0 Å². The zero-order chi connectivity index (χ0) is 14.4.